The summed E-state index contributed by atoms with van der Waals surface area (Å²) in [5.41, 5.74) is 1.27. The molecular formula is C12H16N2O2S. The van der Waals surface area contributed by atoms with Crippen molar-refractivity contribution in [3.8, 4) is 0 Å². The standard InChI is InChI=1S/C12H16N2O2S/c1-9(15)13-5-2-12(16)14-6-3-11-10(8-14)4-7-17-11/h4,7H,2-3,5-6,8H2,1H3,(H,13,15). The van der Waals surface area contributed by atoms with E-state index in [-0.39, 0.29) is 11.8 Å². The van der Waals surface area contributed by atoms with Crippen molar-refractivity contribution in [2.24, 2.45) is 0 Å². The van der Waals surface area contributed by atoms with Gasteiger partial charge in [0.1, 0.15) is 0 Å². The lowest BCUT2D eigenvalue weighted by Crippen LogP contribution is -2.37. The van der Waals surface area contributed by atoms with Gasteiger partial charge in [0.15, 0.2) is 0 Å². The van der Waals surface area contributed by atoms with Crippen LogP contribution in [0.5, 0.6) is 0 Å². The summed E-state index contributed by atoms with van der Waals surface area (Å²) in [6, 6.07) is 2.09. The lowest BCUT2D eigenvalue weighted by molar-refractivity contribution is -0.132. The minimum absolute atomic E-state index is 0.0865. The Hall–Kier alpha value is -1.36. The number of hydrogen-bond donors (Lipinski definition) is 1. The third-order valence-electron chi connectivity index (χ3n) is 2.87. The Balaban J connectivity index is 1.84. The molecule has 0 radical (unpaired) electrons. The van der Waals surface area contributed by atoms with Crippen molar-refractivity contribution >= 4 is 23.2 Å². The number of hydrogen-bond acceptors (Lipinski definition) is 3. The molecule has 0 aromatic carbocycles. The highest BCUT2D eigenvalue weighted by Gasteiger charge is 2.20. The van der Waals surface area contributed by atoms with Gasteiger partial charge in [0.2, 0.25) is 11.8 Å². The molecule has 92 valence electrons. The van der Waals surface area contributed by atoms with Gasteiger partial charge in [-0.15, -0.1) is 11.3 Å². The fraction of sp³-hybridized carbons (Fsp3) is 0.500. The van der Waals surface area contributed by atoms with Crippen molar-refractivity contribution in [2.45, 2.75) is 26.3 Å². The average molecular weight is 252 g/mol. The number of rotatable bonds is 3. The van der Waals surface area contributed by atoms with E-state index < -0.39 is 0 Å². The van der Waals surface area contributed by atoms with Crippen LogP contribution in [0.2, 0.25) is 0 Å². The Labute approximate surface area is 105 Å². The molecule has 4 nitrogen and oxygen atoms in total. The van der Waals surface area contributed by atoms with Gasteiger partial charge in [0.05, 0.1) is 0 Å². The van der Waals surface area contributed by atoms with Crippen LogP contribution in [0, 0.1) is 0 Å². The van der Waals surface area contributed by atoms with Crippen molar-refractivity contribution < 1.29 is 9.59 Å². The van der Waals surface area contributed by atoms with Crippen molar-refractivity contribution in [1.82, 2.24) is 10.2 Å². The van der Waals surface area contributed by atoms with Gasteiger partial charge in [-0.05, 0) is 23.4 Å². The first-order chi connectivity index (χ1) is 8.16. The number of carbonyl (C=O) groups excluding carboxylic acids is 2. The normalized spacial score (nSPS) is 14.3. The van der Waals surface area contributed by atoms with Crippen molar-refractivity contribution in [3.63, 3.8) is 0 Å². The summed E-state index contributed by atoms with van der Waals surface area (Å²) in [5.74, 6) is 0.0344. The second-order valence-corrected chi connectivity index (χ2v) is 5.17. The molecule has 0 bridgehead atoms. The summed E-state index contributed by atoms with van der Waals surface area (Å²) >= 11 is 1.77. The number of amides is 2. The van der Waals surface area contributed by atoms with Crippen LogP contribution in [0.25, 0.3) is 0 Å². The number of nitrogens with zero attached hydrogens (tertiary/aromatic N) is 1. The minimum atomic E-state index is -0.0865. The van der Waals surface area contributed by atoms with Crippen LogP contribution in [0.4, 0.5) is 0 Å². The largest absolute Gasteiger partial charge is 0.356 e. The molecule has 0 fully saturated rings. The van der Waals surface area contributed by atoms with Gasteiger partial charge in [-0.3, -0.25) is 9.59 Å². The SMILES string of the molecule is CC(=O)NCCC(=O)N1CCc2sccc2C1. The first-order valence-electron chi connectivity index (χ1n) is 5.74. The van der Waals surface area contributed by atoms with Crippen LogP contribution in [-0.2, 0) is 22.6 Å². The van der Waals surface area contributed by atoms with Crippen LogP contribution in [0.1, 0.15) is 23.8 Å². The Morgan fingerprint density at radius 1 is 1.53 bits per heavy atom. The fourth-order valence-electron chi connectivity index (χ4n) is 1.96. The van der Waals surface area contributed by atoms with Crippen LogP contribution < -0.4 is 5.32 Å². The van der Waals surface area contributed by atoms with E-state index in [2.05, 4.69) is 16.8 Å². The molecule has 0 saturated heterocycles. The molecule has 1 aromatic heterocycles. The lowest BCUT2D eigenvalue weighted by atomic mass is 10.1. The van der Waals surface area contributed by atoms with E-state index in [1.54, 1.807) is 11.3 Å². The van der Waals surface area contributed by atoms with Gasteiger partial charge in [0, 0.05) is 37.9 Å². The zero-order valence-corrected chi connectivity index (χ0v) is 10.7. The average Bonchev–Trinajstić information content (AvgIpc) is 2.75. The highest BCUT2D eigenvalue weighted by Crippen LogP contribution is 2.24. The van der Waals surface area contributed by atoms with Gasteiger partial charge in [-0.1, -0.05) is 0 Å². The van der Waals surface area contributed by atoms with Crippen molar-refractivity contribution in [3.05, 3.63) is 21.9 Å². The molecule has 5 heteroatoms. The maximum absolute atomic E-state index is 11.9. The van der Waals surface area contributed by atoms with Gasteiger partial charge in [-0.25, -0.2) is 0 Å². The van der Waals surface area contributed by atoms with Crippen molar-refractivity contribution in [1.29, 1.82) is 0 Å². The van der Waals surface area contributed by atoms with Crippen LogP contribution in [0.3, 0.4) is 0 Å². The van der Waals surface area contributed by atoms with Gasteiger partial charge < -0.3 is 10.2 Å². The molecule has 1 N–H and O–H groups in total. The number of carbonyl (C=O) groups is 2. The Kier molecular flexibility index (Phi) is 3.78. The first kappa shape index (κ1) is 12.1. The van der Waals surface area contributed by atoms with E-state index >= 15 is 0 Å². The molecular weight excluding hydrogens is 236 g/mol. The van der Waals surface area contributed by atoms with E-state index in [9.17, 15) is 9.59 Å². The third kappa shape index (κ3) is 3.06. The van der Waals surface area contributed by atoms with Crippen molar-refractivity contribution in [2.75, 3.05) is 13.1 Å². The molecule has 0 unspecified atom stereocenters. The number of thiophene rings is 1. The lowest BCUT2D eigenvalue weighted by Gasteiger charge is -2.27. The molecule has 1 aliphatic heterocycles. The maximum atomic E-state index is 11.9. The van der Waals surface area contributed by atoms with Gasteiger partial charge >= 0.3 is 0 Å². The molecule has 1 aromatic rings. The summed E-state index contributed by atoms with van der Waals surface area (Å²) < 4.78 is 0. The van der Waals surface area contributed by atoms with E-state index in [1.807, 2.05) is 4.90 Å². The second kappa shape index (κ2) is 5.31. The molecule has 1 aliphatic rings. The highest BCUT2D eigenvalue weighted by molar-refractivity contribution is 7.10. The molecule has 0 spiro atoms. The summed E-state index contributed by atoms with van der Waals surface area (Å²) in [7, 11) is 0. The Bertz CT molecular complexity index is 428. The monoisotopic (exact) mass is 252 g/mol. The molecule has 0 saturated carbocycles. The zero-order valence-electron chi connectivity index (χ0n) is 9.86. The third-order valence-corrected chi connectivity index (χ3v) is 3.90. The molecule has 2 rings (SSSR count). The summed E-state index contributed by atoms with van der Waals surface area (Å²) in [6.07, 6.45) is 1.35. The summed E-state index contributed by atoms with van der Waals surface area (Å²) in [4.78, 5) is 25.9. The summed E-state index contributed by atoms with van der Waals surface area (Å²) in [6.45, 7) is 3.41. The van der Waals surface area contributed by atoms with Crippen LogP contribution >= 0.6 is 11.3 Å². The maximum Gasteiger partial charge on any atom is 0.224 e. The molecule has 2 heterocycles. The zero-order chi connectivity index (χ0) is 12.3. The first-order valence-corrected chi connectivity index (χ1v) is 6.62. The summed E-state index contributed by atoms with van der Waals surface area (Å²) in [5, 5.41) is 4.72. The quantitative estimate of drug-likeness (QED) is 0.877. The van der Waals surface area contributed by atoms with E-state index in [0.717, 1.165) is 19.5 Å². The van der Waals surface area contributed by atoms with Gasteiger partial charge in [-0.2, -0.15) is 0 Å². The minimum Gasteiger partial charge on any atom is -0.356 e. The second-order valence-electron chi connectivity index (χ2n) is 4.17. The predicted molar refractivity (Wildman–Crippen MR) is 66.7 cm³/mol. The Morgan fingerprint density at radius 3 is 3.12 bits per heavy atom. The van der Waals surface area contributed by atoms with Crippen LogP contribution in [-0.4, -0.2) is 29.8 Å². The Morgan fingerprint density at radius 2 is 2.35 bits per heavy atom. The predicted octanol–water partition coefficient (Wildman–Crippen LogP) is 1.16. The smallest absolute Gasteiger partial charge is 0.224 e. The fourth-order valence-corrected chi connectivity index (χ4v) is 2.85. The number of nitrogens with one attached hydrogen (secondary N) is 1. The van der Waals surface area contributed by atoms with Crippen LogP contribution in [0.15, 0.2) is 11.4 Å². The van der Waals surface area contributed by atoms with E-state index in [4.69, 9.17) is 0 Å². The number of fused-ring (bicyclic) bond motifs is 1. The molecule has 0 aliphatic carbocycles. The molecule has 2 amide bonds. The van der Waals surface area contributed by atoms with E-state index in [0.29, 0.717) is 13.0 Å². The molecule has 0 atom stereocenters. The van der Waals surface area contributed by atoms with Gasteiger partial charge in [0.25, 0.3) is 0 Å². The topological polar surface area (TPSA) is 49.4 Å². The highest BCUT2D eigenvalue weighted by atomic mass is 32.1. The van der Waals surface area contributed by atoms with E-state index in [1.165, 1.54) is 17.4 Å². The molecule has 17 heavy (non-hydrogen) atoms.